The van der Waals surface area contributed by atoms with Gasteiger partial charge in [-0.2, -0.15) is 0 Å². The van der Waals surface area contributed by atoms with Crippen molar-refractivity contribution in [1.82, 2.24) is 4.98 Å². The van der Waals surface area contributed by atoms with Crippen molar-refractivity contribution in [2.75, 3.05) is 12.4 Å². The molecular formula is C10H10N2O2. The van der Waals surface area contributed by atoms with Crippen LogP contribution in [0.5, 0.6) is 0 Å². The fourth-order valence-corrected chi connectivity index (χ4v) is 1.35. The molecule has 0 aliphatic carbocycles. The van der Waals surface area contributed by atoms with E-state index < -0.39 is 6.09 Å². The van der Waals surface area contributed by atoms with Gasteiger partial charge in [0.25, 0.3) is 0 Å². The number of ether oxygens (including phenoxy) is 1. The van der Waals surface area contributed by atoms with Gasteiger partial charge in [0.1, 0.15) is 0 Å². The molecule has 0 aliphatic heterocycles. The molecule has 1 heterocycles. The summed E-state index contributed by atoms with van der Waals surface area (Å²) in [7, 11) is 1.34. The Balaban J connectivity index is 2.41. The molecule has 1 aromatic heterocycles. The van der Waals surface area contributed by atoms with Crippen molar-refractivity contribution >= 4 is 22.6 Å². The van der Waals surface area contributed by atoms with Gasteiger partial charge in [-0.3, -0.25) is 5.32 Å². The van der Waals surface area contributed by atoms with Crippen LogP contribution in [-0.2, 0) is 4.74 Å². The Kier molecular flexibility index (Phi) is 2.10. The van der Waals surface area contributed by atoms with Gasteiger partial charge in [0, 0.05) is 23.2 Å². The van der Waals surface area contributed by atoms with E-state index in [2.05, 4.69) is 15.0 Å². The first kappa shape index (κ1) is 8.62. The molecule has 4 heteroatoms. The second kappa shape index (κ2) is 3.41. The Hall–Kier alpha value is -1.97. The molecule has 0 spiro atoms. The van der Waals surface area contributed by atoms with Crippen LogP contribution in [0, 0.1) is 0 Å². The summed E-state index contributed by atoms with van der Waals surface area (Å²) in [6.45, 7) is 0. The summed E-state index contributed by atoms with van der Waals surface area (Å²) in [5.41, 5.74) is 0.746. The standard InChI is InChI=1S/C10H10N2O2/c1-14-10(13)12-9-4-2-3-7-5-11-6-8(7)9/h2-6,11H,1H3,(H,12,13). The van der Waals surface area contributed by atoms with Crippen molar-refractivity contribution in [3.63, 3.8) is 0 Å². The fraction of sp³-hybridized carbons (Fsp3) is 0.100. The van der Waals surface area contributed by atoms with Crippen LogP contribution < -0.4 is 5.32 Å². The summed E-state index contributed by atoms with van der Waals surface area (Å²) in [6, 6.07) is 5.67. The zero-order valence-electron chi connectivity index (χ0n) is 7.70. The summed E-state index contributed by atoms with van der Waals surface area (Å²) in [5.74, 6) is 0. The molecule has 0 unspecified atom stereocenters. The van der Waals surface area contributed by atoms with Crippen LogP contribution in [0.4, 0.5) is 10.5 Å². The third-order valence-electron chi connectivity index (χ3n) is 2.03. The Bertz CT molecular complexity index is 462. The third-order valence-corrected chi connectivity index (χ3v) is 2.03. The molecule has 2 aromatic rings. The van der Waals surface area contributed by atoms with E-state index in [-0.39, 0.29) is 0 Å². The molecule has 14 heavy (non-hydrogen) atoms. The topological polar surface area (TPSA) is 54.1 Å². The lowest BCUT2D eigenvalue weighted by Crippen LogP contribution is -2.10. The maximum atomic E-state index is 11.0. The maximum Gasteiger partial charge on any atom is 0.411 e. The molecule has 0 aliphatic rings. The number of hydrogen-bond donors (Lipinski definition) is 2. The first-order valence-corrected chi connectivity index (χ1v) is 4.22. The van der Waals surface area contributed by atoms with Gasteiger partial charge in [0.05, 0.1) is 12.8 Å². The van der Waals surface area contributed by atoms with Gasteiger partial charge >= 0.3 is 6.09 Å². The number of benzene rings is 1. The number of H-pyrrole nitrogens is 1. The van der Waals surface area contributed by atoms with Crippen molar-refractivity contribution in [2.24, 2.45) is 0 Å². The van der Waals surface area contributed by atoms with Crippen LogP contribution in [0.2, 0.25) is 0 Å². The summed E-state index contributed by atoms with van der Waals surface area (Å²) < 4.78 is 4.52. The zero-order valence-corrected chi connectivity index (χ0v) is 7.70. The number of aromatic nitrogens is 1. The highest BCUT2D eigenvalue weighted by Crippen LogP contribution is 2.22. The van der Waals surface area contributed by atoms with E-state index in [0.29, 0.717) is 0 Å². The molecule has 0 saturated heterocycles. The van der Waals surface area contributed by atoms with Crippen LogP contribution in [0.15, 0.2) is 30.6 Å². The molecule has 0 radical (unpaired) electrons. The molecule has 72 valence electrons. The normalized spacial score (nSPS) is 10.1. The second-order valence-electron chi connectivity index (χ2n) is 2.88. The van der Waals surface area contributed by atoms with Crippen molar-refractivity contribution in [3.05, 3.63) is 30.6 Å². The summed E-state index contributed by atoms with van der Waals surface area (Å²) in [6.07, 6.45) is 3.25. The van der Waals surface area contributed by atoms with E-state index in [0.717, 1.165) is 16.5 Å². The number of amides is 1. The Morgan fingerprint density at radius 3 is 3.07 bits per heavy atom. The average Bonchev–Trinajstić information content (AvgIpc) is 2.66. The van der Waals surface area contributed by atoms with E-state index in [1.807, 2.05) is 30.6 Å². The van der Waals surface area contributed by atoms with Gasteiger partial charge in [-0.1, -0.05) is 12.1 Å². The molecule has 0 bridgehead atoms. The number of anilines is 1. The number of fused-ring (bicyclic) bond motifs is 1. The molecule has 1 amide bonds. The number of carbonyl (C=O) groups is 1. The number of methoxy groups -OCH3 is 1. The van der Waals surface area contributed by atoms with Crippen molar-refractivity contribution in [1.29, 1.82) is 0 Å². The highest BCUT2D eigenvalue weighted by Gasteiger charge is 2.04. The van der Waals surface area contributed by atoms with Crippen molar-refractivity contribution < 1.29 is 9.53 Å². The predicted molar refractivity (Wildman–Crippen MR) is 54.3 cm³/mol. The van der Waals surface area contributed by atoms with E-state index in [9.17, 15) is 4.79 Å². The van der Waals surface area contributed by atoms with E-state index in [1.54, 1.807) is 0 Å². The van der Waals surface area contributed by atoms with Crippen LogP contribution in [0.25, 0.3) is 10.8 Å². The number of rotatable bonds is 1. The van der Waals surface area contributed by atoms with Crippen LogP contribution in [0.1, 0.15) is 0 Å². The lowest BCUT2D eigenvalue weighted by atomic mass is 10.2. The van der Waals surface area contributed by atoms with Gasteiger partial charge in [-0.05, 0) is 6.07 Å². The second-order valence-corrected chi connectivity index (χ2v) is 2.88. The van der Waals surface area contributed by atoms with E-state index in [4.69, 9.17) is 0 Å². The summed E-state index contributed by atoms with van der Waals surface area (Å²) >= 11 is 0. The minimum Gasteiger partial charge on any atom is -0.453 e. The molecule has 1 aromatic carbocycles. The first-order valence-electron chi connectivity index (χ1n) is 4.22. The van der Waals surface area contributed by atoms with E-state index in [1.165, 1.54) is 7.11 Å². The first-order chi connectivity index (χ1) is 6.81. The summed E-state index contributed by atoms with van der Waals surface area (Å²) in [5, 5.41) is 4.66. The van der Waals surface area contributed by atoms with Crippen molar-refractivity contribution in [2.45, 2.75) is 0 Å². The quantitative estimate of drug-likeness (QED) is 0.725. The zero-order chi connectivity index (χ0) is 9.97. The molecule has 4 nitrogen and oxygen atoms in total. The highest BCUT2D eigenvalue weighted by atomic mass is 16.5. The SMILES string of the molecule is COC(=O)Nc1cccc2c[nH]cc12. The Morgan fingerprint density at radius 2 is 2.29 bits per heavy atom. The molecule has 0 saturated carbocycles. The average molecular weight is 190 g/mol. The predicted octanol–water partition coefficient (Wildman–Crippen LogP) is 2.35. The smallest absolute Gasteiger partial charge is 0.411 e. The largest absolute Gasteiger partial charge is 0.453 e. The van der Waals surface area contributed by atoms with Crippen molar-refractivity contribution in [3.8, 4) is 0 Å². The lowest BCUT2D eigenvalue weighted by Gasteiger charge is -2.04. The highest BCUT2D eigenvalue weighted by molar-refractivity contribution is 5.99. The van der Waals surface area contributed by atoms with Gasteiger partial charge in [-0.15, -0.1) is 0 Å². The number of aromatic amines is 1. The van der Waals surface area contributed by atoms with Crippen LogP contribution in [-0.4, -0.2) is 18.2 Å². The third kappa shape index (κ3) is 1.42. The summed E-state index contributed by atoms with van der Waals surface area (Å²) in [4.78, 5) is 14.0. The van der Waals surface area contributed by atoms with Crippen LogP contribution >= 0.6 is 0 Å². The Morgan fingerprint density at radius 1 is 1.43 bits per heavy atom. The van der Waals surface area contributed by atoms with Gasteiger partial charge < -0.3 is 9.72 Å². The van der Waals surface area contributed by atoms with Gasteiger partial charge in [-0.25, -0.2) is 4.79 Å². The molecule has 0 atom stereocenters. The lowest BCUT2D eigenvalue weighted by molar-refractivity contribution is 0.187. The minimum absolute atomic E-state index is 0.460. The number of hydrogen-bond acceptors (Lipinski definition) is 2. The monoisotopic (exact) mass is 190 g/mol. The van der Waals surface area contributed by atoms with Crippen LogP contribution in [0.3, 0.4) is 0 Å². The minimum atomic E-state index is -0.460. The molecule has 0 fully saturated rings. The van der Waals surface area contributed by atoms with Gasteiger partial charge in [0.15, 0.2) is 0 Å². The van der Waals surface area contributed by atoms with E-state index >= 15 is 0 Å². The maximum absolute atomic E-state index is 11.0. The molecular weight excluding hydrogens is 180 g/mol. The number of carbonyl (C=O) groups excluding carboxylic acids is 1. The number of nitrogens with one attached hydrogen (secondary N) is 2. The fourth-order valence-electron chi connectivity index (χ4n) is 1.35. The Labute approximate surface area is 80.9 Å². The molecule has 2 rings (SSSR count). The van der Waals surface area contributed by atoms with Gasteiger partial charge in [0.2, 0.25) is 0 Å². The molecule has 2 N–H and O–H groups in total.